The third kappa shape index (κ3) is 4.75. The van der Waals surface area contributed by atoms with Crippen molar-refractivity contribution in [1.29, 1.82) is 0 Å². The van der Waals surface area contributed by atoms with Gasteiger partial charge in [-0.1, -0.05) is 76.6 Å². The van der Waals surface area contributed by atoms with E-state index in [1.165, 1.54) is 22.3 Å². The third-order valence-electron chi connectivity index (χ3n) is 5.47. The van der Waals surface area contributed by atoms with Gasteiger partial charge in [-0.15, -0.1) is 0 Å². The zero-order chi connectivity index (χ0) is 22.5. The van der Waals surface area contributed by atoms with Crippen LogP contribution in [0, 0.1) is 0 Å². The lowest BCUT2D eigenvalue weighted by Gasteiger charge is -2.14. The summed E-state index contributed by atoms with van der Waals surface area (Å²) in [5.41, 5.74) is 5.56. The van der Waals surface area contributed by atoms with Crippen LogP contribution in [-0.4, -0.2) is 30.3 Å². The number of ether oxygens (including phenoxy) is 1. The highest BCUT2D eigenvalue weighted by atomic mass is 79.9. The molecule has 1 aliphatic carbocycles. The number of fused-ring (bicyclic) bond motifs is 3. The predicted molar refractivity (Wildman–Crippen MR) is 128 cm³/mol. The minimum absolute atomic E-state index is 0.0269. The number of carboxylic acids is 1. The summed E-state index contributed by atoms with van der Waals surface area (Å²) in [5.74, 6) is -0.951. The lowest BCUT2D eigenvalue weighted by Crippen LogP contribution is -2.26. The van der Waals surface area contributed by atoms with Crippen LogP contribution in [0.5, 0.6) is 0 Å². The summed E-state index contributed by atoms with van der Waals surface area (Å²) in [6, 6.07) is 21.4. The Morgan fingerprint density at radius 2 is 1.66 bits per heavy atom. The molecule has 0 saturated heterocycles. The summed E-state index contributed by atoms with van der Waals surface area (Å²) >= 11 is 3.35. The molecule has 0 radical (unpaired) electrons. The van der Waals surface area contributed by atoms with Gasteiger partial charge in [-0.05, 0) is 52.4 Å². The Morgan fingerprint density at radius 3 is 2.31 bits per heavy atom. The fraction of sp³-hybridized carbons (Fsp3) is 0.154. The molecule has 4 rings (SSSR count). The summed E-state index contributed by atoms with van der Waals surface area (Å²) in [5, 5.41) is 12.0. The molecule has 0 aromatic heterocycles. The number of rotatable bonds is 7. The average Bonchev–Trinajstić information content (AvgIpc) is 3.11. The van der Waals surface area contributed by atoms with Gasteiger partial charge < -0.3 is 15.2 Å². The molecule has 0 aliphatic heterocycles. The number of carbonyl (C=O) groups excluding carboxylic acids is 1. The van der Waals surface area contributed by atoms with Gasteiger partial charge >= 0.3 is 12.1 Å². The topological polar surface area (TPSA) is 75.6 Å². The first-order chi connectivity index (χ1) is 15.5. The van der Waals surface area contributed by atoms with Crippen molar-refractivity contribution in [3.63, 3.8) is 0 Å². The number of nitrogens with one attached hydrogen (secondary N) is 1. The van der Waals surface area contributed by atoms with Crippen molar-refractivity contribution in [2.75, 3.05) is 13.2 Å². The number of hydrogen-bond acceptors (Lipinski definition) is 3. The smallest absolute Gasteiger partial charge is 0.407 e. The van der Waals surface area contributed by atoms with Crippen LogP contribution >= 0.6 is 15.9 Å². The van der Waals surface area contributed by atoms with E-state index in [0.717, 1.165) is 4.47 Å². The van der Waals surface area contributed by atoms with Crippen molar-refractivity contribution < 1.29 is 19.4 Å². The number of carbonyl (C=O) groups is 2. The first-order valence-electron chi connectivity index (χ1n) is 10.3. The Hall–Kier alpha value is -3.38. The molecule has 0 bridgehead atoms. The minimum Gasteiger partial charge on any atom is -0.478 e. The maximum absolute atomic E-state index is 12.2. The Kier molecular flexibility index (Phi) is 6.71. The monoisotopic (exact) mass is 491 g/mol. The van der Waals surface area contributed by atoms with Crippen molar-refractivity contribution in [2.24, 2.45) is 0 Å². The molecule has 1 aliphatic rings. The van der Waals surface area contributed by atoms with Gasteiger partial charge in [0, 0.05) is 16.9 Å². The van der Waals surface area contributed by atoms with Gasteiger partial charge in [-0.25, -0.2) is 9.59 Å². The lowest BCUT2D eigenvalue weighted by atomic mass is 9.98. The van der Waals surface area contributed by atoms with E-state index in [9.17, 15) is 14.7 Å². The highest BCUT2D eigenvalue weighted by Crippen LogP contribution is 2.44. The predicted octanol–water partition coefficient (Wildman–Crippen LogP) is 6.09. The van der Waals surface area contributed by atoms with Crippen LogP contribution in [0.1, 0.15) is 39.4 Å². The van der Waals surface area contributed by atoms with E-state index in [4.69, 9.17) is 4.74 Å². The van der Waals surface area contributed by atoms with E-state index in [0.29, 0.717) is 18.5 Å². The van der Waals surface area contributed by atoms with Crippen LogP contribution in [0.3, 0.4) is 0 Å². The molecule has 0 saturated carbocycles. The molecule has 2 N–H and O–H groups in total. The number of hydrogen-bond donors (Lipinski definition) is 2. The van der Waals surface area contributed by atoms with Crippen molar-refractivity contribution in [3.05, 3.63) is 99.5 Å². The highest BCUT2D eigenvalue weighted by molar-refractivity contribution is 9.10. The maximum atomic E-state index is 12.2. The first-order valence-corrected chi connectivity index (χ1v) is 11.1. The third-order valence-corrected chi connectivity index (χ3v) is 5.96. The van der Waals surface area contributed by atoms with E-state index in [2.05, 4.69) is 45.5 Å². The second kappa shape index (κ2) is 9.83. The standard InChI is InChI=1S/C26H22BrNO4/c27-18-12-13-19(25(29)30)17(15-18)7-5-6-14-28-26(31)32-16-24-22-10-3-1-8-20(22)21-9-2-4-11-23(21)24/h1-5,7-13,15,24H,6,14,16H2,(H,28,31)(H,29,30). The first kappa shape index (κ1) is 21.8. The van der Waals surface area contributed by atoms with E-state index >= 15 is 0 Å². The molecular formula is C26H22BrNO4. The van der Waals surface area contributed by atoms with E-state index in [1.807, 2.05) is 30.3 Å². The number of benzene rings is 3. The van der Waals surface area contributed by atoms with Gasteiger partial charge in [0.1, 0.15) is 6.61 Å². The van der Waals surface area contributed by atoms with E-state index in [-0.39, 0.29) is 18.1 Å². The minimum atomic E-state index is -0.978. The molecule has 0 atom stereocenters. The van der Waals surface area contributed by atoms with E-state index in [1.54, 1.807) is 24.3 Å². The van der Waals surface area contributed by atoms with Gasteiger partial charge in [0.25, 0.3) is 0 Å². The van der Waals surface area contributed by atoms with Crippen LogP contribution < -0.4 is 5.32 Å². The highest BCUT2D eigenvalue weighted by Gasteiger charge is 2.28. The second-order valence-corrected chi connectivity index (χ2v) is 8.40. The normalized spacial score (nSPS) is 12.4. The summed E-state index contributed by atoms with van der Waals surface area (Å²) in [6.07, 6.45) is 3.66. The van der Waals surface area contributed by atoms with Gasteiger partial charge in [0.2, 0.25) is 0 Å². The molecule has 32 heavy (non-hydrogen) atoms. The maximum Gasteiger partial charge on any atom is 0.407 e. The number of aromatic carboxylic acids is 1. The quantitative estimate of drug-likeness (QED) is 0.392. The molecule has 5 nitrogen and oxygen atoms in total. The second-order valence-electron chi connectivity index (χ2n) is 7.48. The van der Waals surface area contributed by atoms with Crippen molar-refractivity contribution in [2.45, 2.75) is 12.3 Å². The molecule has 3 aromatic rings. The van der Waals surface area contributed by atoms with Crippen LogP contribution in [0.25, 0.3) is 17.2 Å². The van der Waals surface area contributed by atoms with Gasteiger partial charge in [0.05, 0.1) is 5.56 Å². The number of carboxylic acid groups (broad SMARTS) is 1. The largest absolute Gasteiger partial charge is 0.478 e. The Balaban J connectivity index is 1.29. The van der Waals surface area contributed by atoms with Gasteiger partial charge in [0.15, 0.2) is 0 Å². The van der Waals surface area contributed by atoms with Crippen LogP contribution in [0.2, 0.25) is 0 Å². The zero-order valence-electron chi connectivity index (χ0n) is 17.3. The number of amides is 1. The van der Waals surface area contributed by atoms with Crippen LogP contribution in [0.4, 0.5) is 4.79 Å². The number of alkyl carbamates (subject to hydrolysis) is 1. The number of halogens is 1. The van der Waals surface area contributed by atoms with Crippen molar-refractivity contribution in [3.8, 4) is 11.1 Å². The summed E-state index contributed by atoms with van der Waals surface area (Å²) in [4.78, 5) is 23.5. The molecule has 3 aromatic carbocycles. The van der Waals surface area contributed by atoms with E-state index < -0.39 is 12.1 Å². The summed E-state index contributed by atoms with van der Waals surface area (Å²) < 4.78 is 6.32. The van der Waals surface area contributed by atoms with Crippen LogP contribution in [0.15, 0.2) is 77.3 Å². The fourth-order valence-corrected chi connectivity index (χ4v) is 4.36. The fourth-order valence-electron chi connectivity index (χ4n) is 3.98. The lowest BCUT2D eigenvalue weighted by molar-refractivity contribution is 0.0696. The molecule has 0 spiro atoms. The Bertz CT molecular complexity index is 1140. The van der Waals surface area contributed by atoms with Crippen molar-refractivity contribution in [1.82, 2.24) is 5.32 Å². The Labute approximate surface area is 194 Å². The molecular weight excluding hydrogens is 470 g/mol. The molecule has 1 amide bonds. The van der Waals surface area contributed by atoms with Gasteiger partial charge in [-0.2, -0.15) is 0 Å². The zero-order valence-corrected chi connectivity index (χ0v) is 18.8. The SMILES string of the molecule is O=C(NCCC=Cc1cc(Br)ccc1C(=O)O)OCC1c2ccccc2-c2ccccc21. The summed E-state index contributed by atoms with van der Waals surface area (Å²) in [7, 11) is 0. The molecule has 162 valence electrons. The average molecular weight is 492 g/mol. The molecule has 0 heterocycles. The van der Waals surface area contributed by atoms with Crippen LogP contribution in [-0.2, 0) is 4.74 Å². The van der Waals surface area contributed by atoms with Gasteiger partial charge in [-0.3, -0.25) is 0 Å². The molecule has 0 fully saturated rings. The van der Waals surface area contributed by atoms with Crippen molar-refractivity contribution >= 4 is 34.1 Å². The summed E-state index contributed by atoms with van der Waals surface area (Å²) in [6.45, 7) is 0.666. The molecule has 0 unspecified atom stereocenters. The Morgan fingerprint density at radius 1 is 1.00 bits per heavy atom. The molecule has 6 heteroatoms.